The van der Waals surface area contributed by atoms with Gasteiger partial charge in [-0.15, -0.1) is 0 Å². The van der Waals surface area contributed by atoms with Crippen molar-refractivity contribution in [3.63, 3.8) is 0 Å². The first kappa shape index (κ1) is 19.3. The number of carbonyl (C=O) groups excluding carboxylic acids is 1. The minimum absolute atomic E-state index is 0.0252. The van der Waals surface area contributed by atoms with Crippen LogP contribution in [0.2, 0.25) is 0 Å². The van der Waals surface area contributed by atoms with Gasteiger partial charge in [0.15, 0.2) is 0 Å². The Hall–Kier alpha value is -2.02. The largest absolute Gasteiger partial charge is 0.396 e. The van der Waals surface area contributed by atoms with E-state index in [-0.39, 0.29) is 36.6 Å². The van der Waals surface area contributed by atoms with Crippen molar-refractivity contribution >= 4 is 16.8 Å². The third kappa shape index (κ3) is 4.04. The Balaban J connectivity index is 1.45. The predicted molar refractivity (Wildman–Crippen MR) is 108 cm³/mol. The smallest absolute Gasteiger partial charge is 0.253 e. The number of likely N-dealkylation sites (tertiary alicyclic amines) is 1. The first-order chi connectivity index (χ1) is 13.5. The van der Waals surface area contributed by atoms with E-state index in [4.69, 9.17) is 4.74 Å². The lowest BCUT2D eigenvalue weighted by Gasteiger charge is -2.37. The minimum Gasteiger partial charge on any atom is -0.396 e. The number of morpholine rings is 1. The molecule has 3 heterocycles. The van der Waals surface area contributed by atoms with Gasteiger partial charge in [-0.3, -0.25) is 14.7 Å². The Labute approximate surface area is 166 Å². The molecule has 1 aromatic heterocycles. The van der Waals surface area contributed by atoms with Crippen molar-refractivity contribution in [1.29, 1.82) is 0 Å². The Bertz CT molecular complexity index is 833. The Morgan fingerprint density at radius 2 is 1.89 bits per heavy atom. The average molecular weight is 383 g/mol. The highest BCUT2D eigenvalue weighted by molar-refractivity contribution is 5.97. The minimum atomic E-state index is 0.0252. The molecule has 0 aliphatic carbocycles. The summed E-state index contributed by atoms with van der Waals surface area (Å²) in [4.78, 5) is 21.7. The molecule has 2 aromatic rings. The zero-order valence-corrected chi connectivity index (χ0v) is 16.6. The lowest BCUT2D eigenvalue weighted by atomic mass is 9.96. The van der Waals surface area contributed by atoms with Gasteiger partial charge in [0.25, 0.3) is 5.91 Å². The third-order valence-electron chi connectivity index (χ3n) is 5.94. The Kier molecular flexibility index (Phi) is 5.62. The highest BCUT2D eigenvalue weighted by Crippen LogP contribution is 2.27. The fourth-order valence-corrected chi connectivity index (χ4v) is 4.67. The van der Waals surface area contributed by atoms with Crippen LogP contribution < -0.4 is 0 Å². The lowest BCUT2D eigenvalue weighted by Crippen LogP contribution is -2.48. The third-order valence-corrected chi connectivity index (χ3v) is 5.94. The second-order valence-electron chi connectivity index (χ2n) is 8.30. The summed E-state index contributed by atoms with van der Waals surface area (Å²) in [6.07, 6.45) is 2.19. The van der Waals surface area contributed by atoms with E-state index in [2.05, 4.69) is 23.7 Å². The van der Waals surface area contributed by atoms with Crippen LogP contribution in [-0.4, -0.2) is 77.3 Å². The molecule has 0 spiro atoms. The van der Waals surface area contributed by atoms with Gasteiger partial charge in [0, 0.05) is 62.4 Å². The van der Waals surface area contributed by atoms with Crippen LogP contribution in [0.15, 0.2) is 36.5 Å². The van der Waals surface area contributed by atoms with Crippen molar-refractivity contribution in [2.24, 2.45) is 11.8 Å². The highest BCUT2D eigenvalue weighted by Gasteiger charge is 2.37. The van der Waals surface area contributed by atoms with Crippen LogP contribution in [0.25, 0.3) is 10.9 Å². The van der Waals surface area contributed by atoms with E-state index in [1.807, 2.05) is 35.2 Å². The zero-order chi connectivity index (χ0) is 19.7. The molecule has 4 rings (SSSR count). The van der Waals surface area contributed by atoms with Crippen LogP contribution in [-0.2, 0) is 4.74 Å². The molecule has 6 nitrogen and oxygen atoms in total. The second kappa shape index (κ2) is 8.15. The molecule has 0 saturated carbocycles. The van der Waals surface area contributed by atoms with E-state index >= 15 is 0 Å². The van der Waals surface area contributed by atoms with Crippen molar-refractivity contribution < 1.29 is 14.6 Å². The van der Waals surface area contributed by atoms with Crippen molar-refractivity contribution in [3.05, 3.63) is 42.1 Å². The van der Waals surface area contributed by atoms with Gasteiger partial charge < -0.3 is 14.7 Å². The molecule has 1 amide bonds. The number of hydrogen-bond donors (Lipinski definition) is 1. The fourth-order valence-electron chi connectivity index (χ4n) is 4.67. The Morgan fingerprint density at radius 1 is 1.14 bits per heavy atom. The number of pyridine rings is 1. The molecule has 2 aliphatic rings. The number of benzene rings is 1. The number of aromatic nitrogens is 1. The van der Waals surface area contributed by atoms with E-state index in [0.717, 1.165) is 30.5 Å². The number of aliphatic hydroxyl groups excluding tert-OH is 1. The molecule has 6 heteroatoms. The molecule has 0 bridgehead atoms. The molecule has 2 aliphatic heterocycles. The normalized spacial score (nSPS) is 28.8. The van der Waals surface area contributed by atoms with Gasteiger partial charge in [0.05, 0.1) is 17.7 Å². The number of rotatable bonds is 4. The number of aliphatic hydroxyl groups is 1. The van der Waals surface area contributed by atoms with Crippen LogP contribution in [0.3, 0.4) is 0 Å². The molecule has 2 saturated heterocycles. The summed E-state index contributed by atoms with van der Waals surface area (Å²) in [5.74, 6) is 0.429. The number of amides is 1. The topological polar surface area (TPSA) is 65.9 Å². The van der Waals surface area contributed by atoms with Gasteiger partial charge in [0.2, 0.25) is 0 Å². The van der Waals surface area contributed by atoms with Crippen LogP contribution in [0, 0.1) is 11.8 Å². The molecule has 1 N–H and O–H groups in total. The van der Waals surface area contributed by atoms with Gasteiger partial charge in [-0.1, -0.05) is 12.1 Å². The molecule has 0 unspecified atom stereocenters. The number of fused-ring (bicyclic) bond motifs is 1. The molecule has 2 fully saturated rings. The summed E-state index contributed by atoms with van der Waals surface area (Å²) in [5.41, 5.74) is 1.50. The van der Waals surface area contributed by atoms with Crippen LogP contribution in [0.1, 0.15) is 24.2 Å². The molecule has 28 heavy (non-hydrogen) atoms. The molecular weight excluding hydrogens is 354 g/mol. The SMILES string of the molecule is C[C@@H]1CN(C[C@@H]2CN(C(=O)c3ccc4cccnc4c3)C[C@@H]2CO)C[C@H](C)O1. The highest BCUT2D eigenvalue weighted by atomic mass is 16.5. The zero-order valence-electron chi connectivity index (χ0n) is 16.6. The summed E-state index contributed by atoms with van der Waals surface area (Å²) >= 11 is 0. The maximum Gasteiger partial charge on any atom is 0.253 e. The monoisotopic (exact) mass is 383 g/mol. The molecule has 150 valence electrons. The van der Waals surface area contributed by atoms with Crippen LogP contribution >= 0.6 is 0 Å². The van der Waals surface area contributed by atoms with Gasteiger partial charge >= 0.3 is 0 Å². The Morgan fingerprint density at radius 3 is 2.64 bits per heavy atom. The number of carbonyl (C=O) groups is 1. The van der Waals surface area contributed by atoms with Crippen LogP contribution in [0.4, 0.5) is 0 Å². The first-order valence-electron chi connectivity index (χ1n) is 10.2. The van der Waals surface area contributed by atoms with Gasteiger partial charge in [-0.2, -0.15) is 0 Å². The van der Waals surface area contributed by atoms with Crippen molar-refractivity contribution in [2.75, 3.05) is 39.3 Å². The maximum absolute atomic E-state index is 13.1. The molecule has 0 radical (unpaired) electrons. The second-order valence-corrected chi connectivity index (χ2v) is 8.30. The van der Waals surface area contributed by atoms with E-state index in [1.165, 1.54) is 0 Å². The van der Waals surface area contributed by atoms with Gasteiger partial charge in [0.1, 0.15) is 0 Å². The van der Waals surface area contributed by atoms with Gasteiger partial charge in [-0.25, -0.2) is 0 Å². The molecule has 4 atom stereocenters. The number of nitrogens with zero attached hydrogens (tertiary/aromatic N) is 3. The molecular formula is C22H29N3O3. The summed E-state index contributed by atoms with van der Waals surface area (Å²) in [5, 5.41) is 10.9. The maximum atomic E-state index is 13.1. The summed E-state index contributed by atoms with van der Waals surface area (Å²) < 4.78 is 5.82. The van der Waals surface area contributed by atoms with E-state index in [1.54, 1.807) is 6.20 Å². The summed E-state index contributed by atoms with van der Waals surface area (Å²) in [6.45, 7) is 8.32. The van der Waals surface area contributed by atoms with Crippen molar-refractivity contribution in [3.8, 4) is 0 Å². The van der Waals surface area contributed by atoms with E-state index < -0.39 is 0 Å². The quantitative estimate of drug-likeness (QED) is 0.875. The predicted octanol–water partition coefficient (Wildman–Crippen LogP) is 2.02. The van der Waals surface area contributed by atoms with Crippen molar-refractivity contribution in [2.45, 2.75) is 26.1 Å². The lowest BCUT2D eigenvalue weighted by molar-refractivity contribution is -0.0726. The van der Waals surface area contributed by atoms with E-state index in [0.29, 0.717) is 18.7 Å². The summed E-state index contributed by atoms with van der Waals surface area (Å²) in [7, 11) is 0. The first-order valence-corrected chi connectivity index (χ1v) is 10.2. The average Bonchev–Trinajstić information content (AvgIpc) is 3.09. The van der Waals surface area contributed by atoms with Crippen molar-refractivity contribution in [1.82, 2.24) is 14.8 Å². The van der Waals surface area contributed by atoms with Gasteiger partial charge in [-0.05, 0) is 38.0 Å². The molecule has 1 aromatic carbocycles. The number of ether oxygens (including phenoxy) is 1. The van der Waals surface area contributed by atoms with Crippen LogP contribution in [0.5, 0.6) is 0 Å². The standard InChI is InChI=1S/C22H29N3O3/c1-15-9-24(10-16(2)28-15)11-19-12-25(13-20(19)14-26)22(27)18-6-5-17-4-3-7-23-21(17)8-18/h3-8,15-16,19-20,26H,9-14H2,1-2H3/t15-,16+,19-,20-/m1/s1. The number of hydrogen-bond acceptors (Lipinski definition) is 5. The fraction of sp³-hybridized carbons (Fsp3) is 0.545. The van der Waals surface area contributed by atoms with E-state index in [9.17, 15) is 9.90 Å². The summed E-state index contributed by atoms with van der Waals surface area (Å²) in [6, 6.07) is 9.58.